The van der Waals surface area contributed by atoms with E-state index in [0.29, 0.717) is 31.9 Å². The molecule has 5 saturated heterocycles. The fourth-order valence-corrected chi connectivity index (χ4v) is 12.4. The summed E-state index contributed by atoms with van der Waals surface area (Å²) < 4.78 is 75.9. The molecule has 0 aromatic heterocycles. The van der Waals surface area contributed by atoms with Crippen molar-refractivity contribution in [2.45, 2.75) is 220 Å². The number of methoxy groups -OCH3 is 2. The van der Waals surface area contributed by atoms with Crippen LogP contribution in [0.4, 0.5) is 0 Å². The fraction of sp³-hybridized carbons (Fsp3) is 0.912. The second-order valence-corrected chi connectivity index (χ2v) is 23.9. The molecule has 5 aliphatic heterocycles. The number of esters is 3. The summed E-state index contributed by atoms with van der Waals surface area (Å²) in [7, 11) is 4.31. The standard InChI is InChI=1S/C57H99N3O19/c1-30(2)24-43(62)75-49-37(9)48(32(4)29-71-56-52(68-16)51(67-15)45(63)40(12)74-56)77-54(66)39(11)50(76-44-25-33(5)60(28-35(7)72-44)19-18-59-20-22-70-23-21-59)36(8)47(78-55-46(64)42(58-69-17)26-34(6)73-55)31(3)27-57(14,79-41(13)61)53(65)38(49)10/h30-40,44-52,55-56,63-64H,18-29H2,1-17H3/t31-,32-,33?,34+,35-,36+,37-,38+,39+,40+,44-,45+,46+,47-,48+,49+,50-,51+,52+,55-,56+,57-/m0/s1. The lowest BCUT2D eigenvalue weighted by Crippen LogP contribution is -2.59. The third-order valence-corrected chi connectivity index (χ3v) is 16.6. The minimum Gasteiger partial charge on any atom is -0.461 e. The first-order chi connectivity index (χ1) is 37.2. The summed E-state index contributed by atoms with van der Waals surface area (Å²) in [6, 6.07) is -0.000993. The first-order valence-corrected chi connectivity index (χ1v) is 28.8. The van der Waals surface area contributed by atoms with E-state index in [1.54, 1.807) is 34.6 Å². The van der Waals surface area contributed by atoms with Crippen molar-refractivity contribution >= 4 is 29.4 Å². The predicted octanol–water partition coefficient (Wildman–Crippen LogP) is 4.55. The van der Waals surface area contributed by atoms with Crippen molar-refractivity contribution in [3.63, 3.8) is 0 Å². The molecule has 456 valence electrons. The second kappa shape index (κ2) is 30.5. The molecule has 5 heterocycles. The van der Waals surface area contributed by atoms with Gasteiger partial charge in [0.25, 0.3) is 0 Å². The van der Waals surface area contributed by atoms with E-state index < -0.39 is 145 Å². The molecular weight excluding hydrogens is 1030 g/mol. The van der Waals surface area contributed by atoms with Crippen molar-refractivity contribution in [1.82, 2.24) is 9.80 Å². The highest BCUT2D eigenvalue weighted by molar-refractivity contribution is 5.91. The normalized spacial score (nSPS) is 41.0. The molecule has 0 spiro atoms. The van der Waals surface area contributed by atoms with Gasteiger partial charge in [-0.05, 0) is 59.8 Å². The topological polar surface area (TPSA) is 248 Å². The summed E-state index contributed by atoms with van der Waals surface area (Å²) in [6.45, 7) is 30.1. The zero-order valence-electron chi connectivity index (χ0n) is 50.4. The van der Waals surface area contributed by atoms with E-state index in [4.69, 9.17) is 61.7 Å². The minimum atomic E-state index is -1.85. The number of morpholine rings is 1. The molecule has 5 fully saturated rings. The third kappa shape index (κ3) is 17.8. The van der Waals surface area contributed by atoms with Gasteiger partial charge in [-0.15, -0.1) is 0 Å². The molecule has 0 saturated carbocycles. The van der Waals surface area contributed by atoms with Crippen molar-refractivity contribution < 1.29 is 91.1 Å². The van der Waals surface area contributed by atoms with Crippen molar-refractivity contribution in [1.29, 1.82) is 0 Å². The maximum absolute atomic E-state index is 15.5. The van der Waals surface area contributed by atoms with Gasteiger partial charge in [0.1, 0.15) is 43.7 Å². The van der Waals surface area contributed by atoms with Gasteiger partial charge < -0.3 is 71.9 Å². The summed E-state index contributed by atoms with van der Waals surface area (Å²) in [4.78, 5) is 68.0. The Morgan fingerprint density at radius 3 is 2.09 bits per heavy atom. The Balaban J connectivity index is 1.65. The number of hydrogen-bond donors (Lipinski definition) is 2. The van der Waals surface area contributed by atoms with E-state index in [0.717, 1.165) is 26.2 Å². The number of nitrogens with zero attached hydrogens (tertiary/aromatic N) is 3. The highest BCUT2D eigenvalue weighted by Crippen LogP contribution is 2.40. The van der Waals surface area contributed by atoms with Gasteiger partial charge in [0.2, 0.25) is 0 Å². The van der Waals surface area contributed by atoms with E-state index in [1.165, 1.54) is 28.3 Å². The molecule has 0 radical (unpaired) electrons. The molecule has 0 bridgehead atoms. The fourth-order valence-electron chi connectivity index (χ4n) is 12.4. The van der Waals surface area contributed by atoms with Crippen LogP contribution >= 0.6 is 0 Å². The van der Waals surface area contributed by atoms with Gasteiger partial charge >= 0.3 is 17.9 Å². The Labute approximate surface area is 469 Å². The maximum atomic E-state index is 15.5. The molecule has 79 heavy (non-hydrogen) atoms. The van der Waals surface area contributed by atoms with Gasteiger partial charge in [-0.1, -0.05) is 53.6 Å². The number of ether oxygens (including phenoxy) is 12. The summed E-state index contributed by atoms with van der Waals surface area (Å²) >= 11 is 0. The highest BCUT2D eigenvalue weighted by Gasteiger charge is 2.52. The molecule has 22 atom stereocenters. The summed E-state index contributed by atoms with van der Waals surface area (Å²) in [6.07, 6.45) is -12.4. The summed E-state index contributed by atoms with van der Waals surface area (Å²) in [5.41, 5.74) is -1.55. The molecule has 22 nitrogen and oxygen atoms in total. The molecular formula is C57H99N3O19. The predicted molar refractivity (Wildman–Crippen MR) is 288 cm³/mol. The number of Topliss-reactive ketones (excluding diaryl/α,β-unsaturated/α-hetero) is 1. The lowest BCUT2D eigenvalue weighted by molar-refractivity contribution is -0.305. The van der Waals surface area contributed by atoms with Crippen LogP contribution in [0.25, 0.3) is 0 Å². The number of hydrogen-bond acceptors (Lipinski definition) is 22. The Hall–Kier alpha value is -2.97. The first-order valence-electron chi connectivity index (χ1n) is 28.8. The van der Waals surface area contributed by atoms with Gasteiger partial charge in [0.15, 0.2) is 30.3 Å². The van der Waals surface area contributed by atoms with Crippen LogP contribution in [0, 0.1) is 41.4 Å². The van der Waals surface area contributed by atoms with E-state index in [2.05, 4.69) is 21.9 Å². The zero-order valence-corrected chi connectivity index (χ0v) is 50.4. The molecule has 0 amide bonds. The van der Waals surface area contributed by atoms with Gasteiger partial charge in [0.05, 0.1) is 67.9 Å². The number of rotatable bonds is 18. The minimum absolute atomic E-state index is 0.000993. The van der Waals surface area contributed by atoms with Crippen LogP contribution in [-0.4, -0.2) is 221 Å². The number of oxime groups is 1. The van der Waals surface area contributed by atoms with Crippen molar-refractivity contribution in [2.24, 2.45) is 46.6 Å². The molecule has 1 unspecified atom stereocenters. The van der Waals surface area contributed by atoms with Crippen LogP contribution in [0.2, 0.25) is 0 Å². The molecule has 22 heteroatoms. The Kier molecular flexibility index (Phi) is 25.8. The van der Waals surface area contributed by atoms with E-state index in [1.807, 2.05) is 48.5 Å². The Morgan fingerprint density at radius 1 is 0.797 bits per heavy atom. The number of carbonyl (C=O) groups is 4. The SMILES string of the molecule is CON=C1C[C@@H](C)O[C@@H](O[C@@H]2[C@@H](C)[C@H](O[C@H]3CC(C)N(CCN4CCOCC4)C[C@H](C)O3)[C@@H](C)C(=O)O[C@H]([C@@H](C)CO[C@@H]3O[C@H](C)[C@@H](O)[C@@H](OC)[C@H]3OC)[C@H](C)[C@@H](OC(=O)CC(C)C)[C@@H](C)C(=O)[C@@](C)(OC(C)=O)C[C@@H]2C)[C@@H]1O. The van der Waals surface area contributed by atoms with Crippen molar-refractivity contribution in [3.8, 4) is 0 Å². The molecule has 0 aromatic carbocycles. The molecule has 2 N–H and O–H groups in total. The van der Waals surface area contributed by atoms with E-state index in [9.17, 15) is 19.8 Å². The van der Waals surface area contributed by atoms with Crippen molar-refractivity contribution in [2.75, 3.05) is 73.9 Å². The molecule has 5 aliphatic rings. The van der Waals surface area contributed by atoms with Crippen LogP contribution in [0.3, 0.4) is 0 Å². The van der Waals surface area contributed by atoms with Gasteiger partial charge in [-0.25, -0.2) is 0 Å². The monoisotopic (exact) mass is 1130 g/mol. The van der Waals surface area contributed by atoms with Crippen molar-refractivity contribution in [3.05, 3.63) is 0 Å². The second-order valence-electron chi connectivity index (χ2n) is 23.9. The number of aliphatic hydroxyl groups is 2. The average molecular weight is 1130 g/mol. The third-order valence-electron chi connectivity index (χ3n) is 16.6. The summed E-state index contributed by atoms with van der Waals surface area (Å²) in [5, 5.41) is 26.8. The average Bonchev–Trinajstić information content (AvgIpc) is 3.54. The van der Waals surface area contributed by atoms with Crippen LogP contribution < -0.4 is 0 Å². The number of aliphatic hydroxyl groups excluding tert-OH is 2. The highest BCUT2D eigenvalue weighted by atomic mass is 16.7. The van der Waals surface area contributed by atoms with E-state index in [-0.39, 0.29) is 43.9 Å². The van der Waals surface area contributed by atoms with Gasteiger partial charge in [0, 0.05) is 96.9 Å². The molecule has 5 rings (SSSR count). The lowest BCUT2D eigenvalue weighted by atomic mass is 9.74. The quantitative estimate of drug-likeness (QED) is 0.109. The van der Waals surface area contributed by atoms with Crippen LogP contribution in [0.1, 0.15) is 123 Å². The van der Waals surface area contributed by atoms with Crippen LogP contribution in [0.15, 0.2) is 5.16 Å². The first kappa shape index (κ1) is 66.8. The van der Waals surface area contributed by atoms with Crippen LogP contribution in [0.5, 0.6) is 0 Å². The smallest absolute Gasteiger partial charge is 0.311 e. The maximum Gasteiger partial charge on any atom is 0.311 e. The number of cyclic esters (lactones) is 1. The Bertz CT molecular complexity index is 1960. The molecule has 0 aromatic rings. The largest absolute Gasteiger partial charge is 0.461 e. The lowest BCUT2D eigenvalue weighted by Gasteiger charge is -2.45. The number of ketones is 1. The van der Waals surface area contributed by atoms with Gasteiger partial charge in [-0.2, -0.15) is 0 Å². The molecule has 0 aliphatic carbocycles. The number of carbonyl (C=O) groups excluding carboxylic acids is 4. The zero-order chi connectivity index (χ0) is 58.6. The van der Waals surface area contributed by atoms with Crippen LogP contribution in [-0.2, 0) is 80.9 Å². The Morgan fingerprint density at radius 2 is 1.47 bits per heavy atom. The van der Waals surface area contributed by atoms with Gasteiger partial charge in [-0.3, -0.25) is 29.0 Å². The van der Waals surface area contributed by atoms with E-state index >= 15 is 9.59 Å². The summed E-state index contributed by atoms with van der Waals surface area (Å²) in [5.74, 6) is -7.85.